The van der Waals surface area contributed by atoms with Crippen LogP contribution in [0.4, 0.5) is 0 Å². The van der Waals surface area contributed by atoms with Crippen LogP contribution in [0.1, 0.15) is 55.0 Å². The van der Waals surface area contributed by atoms with Crippen LogP contribution >= 0.6 is 11.8 Å². The molecule has 37 heavy (non-hydrogen) atoms. The first kappa shape index (κ1) is 25.5. The van der Waals surface area contributed by atoms with E-state index in [1.54, 1.807) is 24.3 Å². The van der Waals surface area contributed by atoms with E-state index in [1.807, 2.05) is 49.4 Å². The van der Waals surface area contributed by atoms with E-state index in [1.165, 1.54) is 29.6 Å². The van der Waals surface area contributed by atoms with E-state index in [0.29, 0.717) is 23.9 Å². The number of aryl methyl sites for hydroxylation is 2. The predicted molar refractivity (Wildman–Crippen MR) is 147 cm³/mol. The van der Waals surface area contributed by atoms with Gasteiger partial charge in [0.15, 0.2) is 0 Å². The molecule has 3 aromatic carbocycles. The van der Waals surface area contributed by atoms with Gasteiger partial charge in [0.2, 0.25) is 0 Å². The third-order valence-corrected chi connectivity index (χ3v) is 9.87. The van der Waals surface area contributed by atoms with Crippen molar-refractivity contribution < 1.29 is 18.0 Å². The van der Waals surface area contributed by atoms with E-state index in [9.17, 15) is 18.0 Å². The normalized spacial score (nSPS) is 13.6. The lowest BCUT2D eigenvalue weighted by Gasteiger charge is -2.19. The Labute approximate surface area is 221 Å². The van der Waals surface area contributed by atoms with Crippen LogP contribution < -0.4 is 0 Å². The van der Waals surface area contributed by atoms with Gasteiger partial charge in [0.05, 0.1) is 10.4 Å². The Morgan fingerprint density at radius 2 is 1.51 bits per heavy atom. The second-order valence-corrected chi connectivity index (χ2v) is 12.6. The largest absolute Gasteiger partial charge is 0.299 e. The highest BCUT2D eigenvalue weighted by Crippen LogP contribution is 2.44. The van der Waals surface area contributed by atoms with Crippen LogP contribution in [-0.4, -0.2) is 24.0 Å². The van der Waals surface area contributed by atoms with Crippen molar-refractivity contribution in [3.63, 3.8) is 0 Å². The van der Waals surface area contributed by atoms with E-state index in [0.717, 1.165) is 44.8 Å². The van der Waals surface area contributed by atoms with Crippen molar-refractivity contribution in [3.05, 3.63) is 89.1 Å². The minimum atomic E-state index is -3.90. The van der Waals surface area contributed by atoms with Crippen molar-refractivity contribution in [2.45, 2.75) is 67.1 Å². The van der Waals surface area contributed by atoms with Crippen LogP contribution in [0, 0.1) is 6.92 Å². The van der Waals surface area contributed by atoms with E-state index < -0.39 is 15.9 Å². The summed E-state index contributed by atoms with van der Waals surface area (Å²) in [5.74, 6) is -1.44. The Hall–Kier alpha value is -3.16. The molecule has 0 spiro atoms. The van der Waals surface area contributed by atoms with Gasteiger partial charge in [-0.05, 0) is 94.0 Å². The average Bonchev–Trinajstić information content (AvgIpc) is 3.21. The number of aromatic nitrogens is 1. The Balaban J connectivity index is 1.86. The monoisotopic (exact) mass is 531 g/mol. The second-order valence-electron chi connectivity index (χ2n) is 9.66. The molecule has 1 heterocycles. The fraction of sp³-hybridized carbons (Fsp3) is 0.267. The maximum absolute atomic E-state index is 14.0. The quantitative estimate of drug-likeness (QED) is 0.255. The van der Waals surface area contributed by atoms with Gasteiger partial charge in [-0.1, -0.05) is 47.7 Å². The summed E-state index contributed by atoms with van der Waals surface area (Å²) >= 11 is 1.49. The number of ketones is 2. The van der Waals surface area contributed by atoms with Crippen LogP contribution in [0.5, 0.6) is 0 Å². The first-order valence-electron chi connectivity index (χ1n) is 12.4. The number of rotatable bonds is 7. The summed E-state index contributed by atoms with van der Waals surface area (Å²) in [6.07, 6.45) is 3.14. The molecule has 0 fully saturated rings. The molecule has 0 aliphatic heterocycles. The lowest BCUT2D eigenvalue weighted by atomic mass is 9.86. The molecule has 0 bridgehead atoms. The predicted octanol–water partition coefficient (Wildman–Crippen LogP) is 6.48. The molecule has 0 unspecified atom stereocenters. The Morgan fingerprint density at radius 1 is 0.865 bits per heavy atom. The maximum Gasteiger partial charge on any atom is 0.268 e. The number of hydrogen-bond acceptors (Lipinski definition) is 5. The summed E-state index contributed by atoms with van der Waals surface area (Å²) in [6, 6.07) is 20.4. The van der Waals surface area contributed by atoms with E-state index in [-0.39, 0.29) is 16.5 Å². The third kappa shape index (κ3) is 4.55. The number of carbonyl (C=O) groups excluding carboxylic acids is 2. The summed E-state index contributed by atoms with van der Waals surface area (Å²) in [6.45, 7) is 4.80. The summed E-state index contributed by atoms with van der Waals surface area (Å²) < 4.78 is 29.6. The number of benzene rings is 3. The van der Waals surface area contributed by atoms with Gasteiger partial charge in [-0.2, -0.15) is 0 Å². The SMILES string of the molecule is CC(=O)C(C(C)=O)c1c(Sc2ccccc2)ccc2c1c1c(n2S(=O)(=O)c2ccc(C)cc2)CCCC1. The van der Waals surface area contributed by atoms with Gasteiger partial charge < -0.3 is 0 Å². The first-order valence-corrected chi connectivity index (χ1v) is 14.7. The molecule has 5 nitrogen and oxygen atoms in total. The number of carbonyl (C=O) groups is 2. The average molecular weight is 532 g/mol. The molecule has 0 atom stereocenters. The van der Waals surface area contributed by atoms with Gasteiger partial charge in [0, 0.05) is 20.9 Å². The molecule has 0 amide bonds. The van der Waals surface area contributed by atoms with E-state index in [2.05, 4.69) is 0 Å². The van der Waals surface area contributed by atoms with E-state index in [4.69, 9.17) is 0 Å². The molecule has 1 aromatic heterocycles. The van der Waals surface area contributed by atoms with Crippen molar-refractivity contribution in [2.24, 2.45) is 0 Å². The third-order valence-electron chi connectivity index (χ3n) is 7.02. The highest BCUT2D eigenvalue weighted by Gasteiger charge is 2.34. The molecule has 7 heteroatoms. The van der Waals surface area contributed by atoms with Crippen molar-refractivity contribution in [3.8, 4) is 0 Å². The molecule has 0 radical (unpaired) electrons. The number of fused-ring (bicyclic) bond motifs is 3. The number of hydrogen-bond donors (Lipinski definition) is 0. The molecule has 1 aliphatic carbocycles. The molecule has 190 valence electrons. The molecule has 0 N–H and O–H groups in total. The Morgan fingerprint density at radius 3 is 2.16 bits per heavy atom. The lowest BCUT2D eigenvalue weighted by molar-refractivity contribution is -0.126. The van der Waals surface area contributed by atoms with Gasteiger partial charge in [-0.3, -0.25) is 9.59 Å². The fourth-order valence-electron chi connectivity index (χ4n) is 5.38. The van der Waals surface area contributed by atoms with Crippen LogP contribution in [-0.2, 0) is 32.5 Å². The zero-order chi connectivity index (χ0) is 26.3. The van der Waals surface area contributed by atoms with Gasteiger partial charge in [-0.25, -0.2) is 12.4 Å². The van der Waals surface area contributed by atoms with Crippen LogP contribution in [0.15, 0.2) is 81.4 Å². The van der Waals surface area contributed by atoms with Gasteiger partial charge >= 0.3 is 0 Å². The summed E-state index contributed by atoms with van der Waals surface area (Å²) in [4.78, 5) is 27.8. The van der Waals surface area contributed by atoms with Gasteiger partial charge in [0.25, 0.3) is 10.0 Å². The first-order chi connectivity index (χ1) is 17.7. The summed E-state index contributed by atoms with van der Waals surface area (Å²) in [7, 11) is -3.90. The molecular formula is C30H29NO4S2. The van der Waals surface area contributed by atoms with E-state index >= 15 is 0 Å². The minimum absolute atomic E-state index is 0.224. The number of nitrogens with zero attached hydrogens (tertiary/aromatic N) is 1. The van der Waals surface area contributed by atoms with Crippen molar-refractivity contribution in [1.29, 1.82) is 0 Å². The zero-order valence-electron chi connectivity index (χ0n) is 21.2. The maximum atomic E-state index is 14.0. The lowest BCUT2D eigenvalue weighted by Crippen LogP contribution is -2.19. The highest BCUT2D eigenvalue weighted by molar-refractivity contribution is 7.99. The van der Waals surface area contributed by atoms with Crippen molar-refractivity contribution in [2.75, 3.05) is 0 Å². The smallest absolute Gasteiger partial charge is 0.268 e. The highest BCUT2D eigenvalue weighted by atomic mass is 32.2. The molecule has 0 saturated heterocycles. The fourth-order valence-corrected chi connectivity index (χ4v) is 7.98. The molecule has 4 aromatic rings. The number of Topliss-reactive ketones (excluding diaryl/α,β-unsaturated/α-hetero) is 2. The molecule has 5 rings (SSSR count). The van der Waals surface area contributed by atoms with Crippen LogP contribution in [0.3, 0.4) is 0 Å². The van der Waals surface area contributed by atoms with Crippen LogP contribution in [0.2, 0.25) is 0 Å². The second kappa shape index (κ2) is 9.95. The Bertz CT molecular complexity index is 1600. The summed E-state index contributed by atoms with van der Waals surface area (Å²) in [5.41, 5.74) is 3.84. The van der Waals surface area contributed by atoms with Gasteiger partial charge in [0.1, 0.15) is 17.5 Å². The van der Waals surface area contributed by atoms with Crippen LogP contribution in [0.25, 0.3) is 10.9 Å². The Kier molecular flexibility index (Phi) is 6.86. The van der Waals surface area contributed by atoms with Gasteiger partial charge in [-0.15, -0.1) is 0 Å². The minimum Gasteiger partial charge on any atom is -0.299 e. The topological polar surface area (TPSA) is 73.2 Å². The molecule has 0 saturated carbocycles. The summed E-state index contributed by atoms with van der Waals surface area (Å²) in [5, 5.41) is 0.738. The van der Waals surface area contributed by atoms with Crippen molar-refractivity contribution >= 4 is 44.3 Å². The molecule has 1 aliphatic rings. The standard InChI is InChI=1S/C30H29NO4S2/c1-19-13-15-23(16-14-19)37(34,35)31-25-12-8-7-11-24(25)29-26(31)17-18-27(36-22-9-5-4-6-10-22)30(29)28(20(2)32)21(3)33/h4-6,9-10,13-18,28H,7-8,11-12H2,1-3H3. The zero-order valence-corrected chi connectivity index (χ0v) is 22.8. The van der Waals surface area contributed by atoms with Crippen molar-refractivity contribution in [1.82, 2.24) is 3.97 Å². The molecular weight excluding hydrogens is 502 g/mol.